The molecule has 1 saturated heterocycles. The summed E-state index contributed by atoms with van der Waals surface area (Å²) in [6.45, 7) is 2.58. The van der Waals surface area contributed by atoms with Gasteiger partial charge in [0.15, 0.2) is 0 Å². The molecule has 0 atom stereocenters. The Morgan fingerprint density at radius 3 is 2.81 bits per heavy atom. The van der Waals surface area contributed by atoms with Gasteiger partial charge in [0.2, 0.25) is 5.91 Å². The maximum absolute atomic E-state index is 11.6. The quantitative estimate of drug-likeness (QED) is 0.519. The molecule has 0 unspecified atom stereocenters. The zero-order valence-electron chi connectivity index (χ0n) is 17.4. The molecule has 162 valence electrons. The fourth-order valence-electron chi connectivity index (χ4n) is 3.76. The predicted octanol–water partition coefficient (Wildman–Crippen LogP) is 3.65. The smallest absolute Gasteiger partial charge is 0.249 e. The minimum Gasteiger partial charge on any atom is -0.380 e. The van der Waals surface area contributed by atoms with Crippen LogP contribution in [0.2, 0.25) is 5.02 Å². The van der Waals surface area contributed by atoms with Crippen molar-refractivity contribution >= 4 is 34.7 Å². The summed E-state index contributed by atoms with van der Waals surface area (Å²) in [5.41, 5.74) is 8.33. The number of hydrogen-bond acceptors (Lipinski definition) is 6. The van der Waals surface area contributed by atoms with Crippen molar-refractivity contribution in [2.75, 3.05) is 30.8 Å². The number of primary amides is 1. The van der Waals surface area contributed by atoms with Gasteiger partial charge in [-0.2, -0.15) is 5.10 Å². The Bertz CT molecular complexity index is 1060. The molecular formula is C22H26ClN7O. The van der Waals surface area contributed by atoms with Crippen LogP contribution in [-0.2, 0) is 6.54 Å². The number of carbonyl (C=O) groups excluding carboxylic acids is 1. The Labute approximate surface area is 186 Å². The number of hydrogen-bond donors (Lipinski definition) is 3. The largest absolute Gasteiger partial charge is 0.380 e. The van der Waals surface area contributed by atoms with Gasteiger partial charge in [0.05, 0.1) is 34.8 Å². The van der Waals surface area contributed by atoms with Crippen LogP contribution in [0, 0.1) is 0 Å². The molecule has 0 aliphatic carbocycles. The highest BCUT2D eigenvalue weighted by atomic mass is 35.5. The molecule has 1 aliphatic heterocycles. The van der Waals surface area contributed by atoms with E-state index in [1.807, 2.05) is 35.3 Å². The normalized spacial score (nSPS) is 15.0. The molecule has 1 aliphatic rings. The minimum absolute atomic E-state index is 0.413. The molecule has 0 bridgehead atoms. The number of pyridine rings is 1. The van der Waals surface area contributed by atoms with Gasteiger partial charge < -0.3 is 21.3 Å². The number of nitrogens with zero attached hydrogens (tertiary/aromatic N) is 4. The van der Waals surface area contributed by atoms with Gasteiger partial charge in [-0.05, 0) is 44.6 Å². The van der Waals surface area contributed by atoms with E-state index in [0.717, 1.165) is 37.2 Å². The maximum atomic E-state index is 11.6. The Morgan fingerprint density at radius 2 is 2.03 bits per heavy atom. The van der Waals surface area contributed by atoms with E-state index < -0.39 is 5.91 Å². The lowest BCUT2D eigenvalue weighted by Crippen LogP contribution is -2.31. The van der Waals surface area contributed by atoms with E-state index in [1.54, 1.807) is 18.3 Å². The first-order valence-corrected chi connectivity index (χ1v) is 10.6. The minimum atomic E-state index is -0.456. The van der Waals surface area contributed by atoms with Gasteiger partial charge >= 0.3 is 0 Å². The van der Waals surface area contributed by atoms with Crippen LogP contribution in [0.4, 0.5) is 17.2 Å². The van der Waals surface area contributed by atoms with E-state index in [9.17, 15) is 4.79 Å². The summed E-state index contributed by atoms with van der Waals surface area (Å²) in [5, 5.41) is 11.6. The van der Waals surface area contributed by atoms with Crippen LogP contribution in [0.15, 0.2) is 48.9 Å². The number of carbonyl (C=O) groups is 1. The van der Waals surface area contributed by atoms with Gasteiger partial charge in [0.25, 0.3) is 0 Å². The van der Waals surface area contributed by atoms with E-state index in [1.165, 1.54) is 0 Å². The molecule has 4 N–H and O–H groups in total. The number of anilines is 3. The van der Waals surface area contributed by atoms with Crippen LogP contribution in [0.25, 0.3) is 0 Å². The molecular weight excluding hydrogens is 414 g/mol. The van der Waals surface area contributed by atoms with Gasteiger partial charge in [-0.1, -0.05) is 29.8 Å². The second-order valence-corrected chi connectivity index (χ2v) is 8.20. The average Bonchev–Trinajstić information content (AvgIpc) is 3.23. The lowest BCUT2D eigenvalue weighted by atomic mass is 10.1. The van der Waals surface area contributed by atoms with Gasteiger partial charge in [-0.15, -0.1) is 0 Å². The summed E-state index contributed by atoms with van der Waals surface area (Å²) < 4.78 is 2.03. The third kappa shape index (κ3) is 5.15. The van der Waals surface area contributed by atoms with Crippen molar-refractivity contribution in [1.29, 1.82) is 0 Å². The molecule has 1 amide bonds. The second kappa shape index (κ2) is 9.36. The monoisotopic (exact) mass is 439 g/mol. The predicted molar refractivity (Wildman–Crippen MR) is 123 cm³/mol. The van der Waals surface area contributed by atoms with E-state index in [4.69, 9.17) is 17.3 Å². The van der Waals surface area contributed by atoms with E-state index in [-0.39, 0.29) is 0 Å². The highest BCUT2D eigenvalue weighted by Crippen LogP contribution is 2.27. The number of amides is 1. The van der Waals surface area contributed by atoms with Crippen molar-refractivity contribution < 1.29 is 4.79 Å². The molecule has 3 aromatic rings. The molecule has 8 nitrogen and oxygen atoms in total. The lowest BCUT2D eigenvalue weighted by molar-refractivity contribution is 0.0999. The Kier molecular flexibility index (Phi) is 6.39. The van der Waals surface area contributed by atoms with Gasteiger partial charge in [-0.3, -0.25) is 9.48 Å². The zero-order chi connectivity index (χ0) is 21.8. The van der Waals surface area contributed by atoms with Crippen molar-refractivity contribution in [1.82, 2.24) is 19.7 Å². The topological polar surface area (TPSA) is 101 Å². The van der Waals surface area contributed by atoms with E-state index in [2.05, 4.69) is 32.7 Å². The average molecular weight is 440 g/mol. The van der Waals surface area contributed by atoms with Crippen molar-refractivity contribution in [3.05, 3.63) is 65.1 Å². The van der Waals surface area contributed by atoms with Gasteiger partial charge in [0.1, 0.15) is 5.82 Å². The standard InChI is InChI=1S/C22H26ClN7O/c1-29-8-6-17(7-9-29)30-14-16(12-27-30)28-21-10-20(19(23)13-26-21)25-11-15-4-2-3-5-18(15)22(24)31/h2-5,10,12-14,17H,6-9,11H2,1H3,(H2,24,31)(H2,25,26,28). The summed E-state index contributed by atoms with van der Waals surface area (Å²) in [6.07, 6.45) is 7.61. The number of halogens is 1. The zero-order valence-corrected chi connectivity index (χ0v) is 18.1. The summed E-state index contributed by atoms with van der Waals surface area (Å²) in [7, 11) is 2.15. The van der Waals surface area contributed by atoms with Crippen molar-refractivity contribution in [3.63, 3.8) is 0 Å². The van der Waals surface area contributed by atoms with E-state index in [0.29, 0.717) is 34.7 Å². The third-order valence-electron chi connectivity index (χ3n) is 5.54. The molecule has 0 saturated carbocycles. The van der Waals surface area contributed by atoms with Crippen molar-refractivity contribution in [3.8, 4) is 0 Å². The number of benzene rings is 1. The number of aromatic nitrogens is 3. The highest BCUT2D eigenvalue weighted by molar-refractivity contribution is 6.33. The first kappa shape index (κ1) is 21.1. The van der Waals surface area contributed by atoms with Gasteiger partial charge in [0, 0.05) is 24.4 Å². The number of piperidine rings is 1. The Morgan fingerprint density at radius 1 is 1.26 bits per heavy atom. The molecule has 1 fully saturated rings. The van der Waals surface area contributed by atoms with Crippen LogP contribution in [-0.4, -0.2) is 45.7 Å². The molecule has 0 radical (unpaired) electrons. The summed E-state index contributed by atoms with van der Waals surface area (Å²) in [4.78, 5) is 18.3. The fraction of sp³-hybridized carbons (Fsp3) is 0.318. The fourth-order valence-corrected chi connectivity index (χ4v) is 3.93. The SMILES string of the molecule is CN1CCC(n2cc(Nc3cc(NCc4ccccc4C(N)=O)c(Cl)cn3)cn2)CC1. The Balaban J connectivity index is 1.43. The van der Waals surface area contributed by atoms with E-state index >= 15 is 0 Å². The number of nitrogens with one attached hydrogen (secondary N) is 2. The molecule has 0 spiro atoms. The highest BCUT2D eigenvalue weighted by Gasteiger charge is 2.19. The third-order valence-corrected chi connectivity index (χ3v) is 5.84. The number of rotatable bonds is 7. The molecule has 31 heavy (non-hydrogen) atoms. The van der Waals surface area contributed by atoms with Crippen LogP contribution >= 0.6 is 11.6 Å². The Hall–Kier alpha value is -3.10. The summed E-state index contributed by atoms with van der Waals surface area (Å²) >= 11 is 6.32. The molecule has 4 rings (SSSR count). The summed E-state index contributed by atoms with van der Waals surface area (Å²) in [5.74, 6) is 0.195. The van der Waals surface area contributed by atoms with Gasteiger partial charge in [-0.25, -0.2) is 4.98 Å². The van der Waals surface area contributed by atoms with Crippen molar-refractivity contribution in [2.45, 2.75) is 25.4 Å². The summed E-state index contributed by atoms with van der Waals surface area (Å²) in [6, 6.07) is 9.49. The lowest BCUT2D eigenvalue weighted by Gasteiger charge is -2.28. The molecule has 3 heterocycles. The van der Waals surface area contributed by atoms with Crippen LogP contribution < -0.4 is 16.4 Å². The first-order valence-electron chi connectivity index (χ1n) is 10.3. The van der Waals surface area contributed by atoms with Crippen molar-refractivity contribution in [2.24, 2.45) is 5.73 Å². The molecule has 9 heteroatoms. The molecule has 2 aromatic heterocycles. The van der Waals surface area contributed by atoms with Crippen LogP contribution in [0.3, 0.4) is 0 Å². The second-order valence-electron chi connectivity index (χ2n) is 7.79. The van der Waals surface area contributed by atoms with Crippen LogP contribution in [0.1, 0.15) is 34.8 Å². The molecule has 1 aromatic carbocycles. The first-order chi connectivity index (χ1) is 15.0. The van der Waals surface area contributed by atoms with Crippen LogP contribution in [0.5, 0.6) is 0 Å². The number of likely N-dealkylation sites (tertiary alicyclic amines) is 1. The number of nitrogens with two attached hydrogens (primary N) is 1. The maximum Gasteiger partial charge on any atom is 0.249 e.